The Hall–Kier alpha value is -1.32. The van der Waals surface area contributed by atoms with Gasteiger partial charge in [-0.3, -0.25) is 0 Å². The second-order valence-electron chi connectivity index (χ2n) is 5.69. The quantitative estimate of drug-likeness (QED) is 0.903. The summed E-state index contributed by atoms with van der Waals surface area (Å²) in [5.74, 6) is 0. The second-order valence-corrected chi connectivity index (χ2v) is 6.54. The van der Waals surface area contributed by atoms with Gasteiger partial charge in [0.05, 0.1) is 6.04 Å². The van der Waals surface area contributed by atoms with Crippen LogP contribution in [-0.4, -0.2) is 13.1 Å². The van der Waals surface area contributed by atoms with Crippen LogP contribution in [0.4, 0.5) is 5.69 Å². The zero-order valence-electron chi connectivity index (χ0n) is 12.3. The van der Waals surface area contributed by atoms with Crippen LogP contribution in [0, 0.1) is 6.92 Å². The van der Waals surface area contributed by atoms with Crippen LogP contribution < -0.4 is 10.6 Å². The molecule has 1 unspecified atom stereocenters. The summed E-state index contributed by atoms with van der Waals surface area (Å²) in [7, 11) is 0. The number of anilines is 1. The maximum absolute atomic E-state index is 6.13. The van der Waals surface area contributed by atoms with Gasteiger partial charge in [-0.15, -0.1) is 0 Å². The summed E-state index contributed by atoms with van der Waals surface area (Å²) in [6, 6.07) is 15.5. The van der Waals surface area contributed by atoms with E-state index in [1.54, 1.807) is 0 Å². The monoisotopic (exact) mass is 344 g/mol. The highest BCUT2D eigenvalue weighted by Gasteiger charge is 2.24. The summed E-state index contributed by atoms with van der Waals surface area (Å²) in [6.45, 7) is 3.84. The third kappa shape index (κ3) is 2.85. The average molecular weight is 345 g/mol. The molecule has 3 rings (SSSR count). The van der Waals surface area contributed by atoms with Crippen molar-refractivity contribution in [2.45, 2.75) is 25.8 Å². The van der Waals surface area contributed by atoms with Crippen LogP contribution in [0.25, 0.3) is 0 Å². The molecule has 0 spiro atoms. The first kappa shape index (κ1) is 14.6. The van der Waals surface area contributed by atoms with Crippen LogP contribution in [0.2, 0.25) is 0 Å². The minimum atomic E-state index is 0.248. The standard InChI is InChI=1S/C18H21BrN2/c1-13-11-15(8-9-16(13)19)18(12-20)21-10-4-6-14-5-2-3-7-17(14)21/h2-3,5,7-9,11,18H,4,6,10,12,20H2,1H3. The molecule has 1 atom stereocenters. The molecule has 110 valence electrons. The first-order valence-corrected chi connectivity index (χ1v) is 8.30. The Labute approximate surface area is 135 Å². The van der Waals surface area contributed by atoms with E-state index in [1.807, 2.05) is 0 Å². The Morgan fingerprint density at radius 2 is 2.05 bits per heavy atom. The summed E-state index contributed by atoms with van der Waals surface area (Å²) in [5.41, 5.74) is 11.5. The van der Waals surface area contributed by atoms with E-state index in [4.69, 9.17) is 5.73 Å². The number of hydrogen-bond donors (Lipinski definition) is 1. The fraction of sp³-hybridized carbons (Fsp3) is 0.333. The van der Waals surface area contributed by atoms with Gasteiger partial charge in [0.1, 0.15) is 0 Å². The summed E-state index contributed by atoms with van der Waals surface area (Å²) in [6.07, 6.45) is 2.37. The molecule has 2 N–H and O–H groups in total. The SMILES string of the molecule is Cc1cc(C(CN)N2CCCc3ccccc32)ccc1Br. The van der Waals surface area contributed by atoms with Gasteiger partial charge in [0, 0.05) is 23.2 Å². The smallest absolute Gasteiger partial charge is 0.0664 e. The van der Waals surface area contributed by atoms with Crippen molar-refractivity contribution in [3.8, 4) is 0 Å². The van der Waals surface area contributed by atoms with E-state index in [1.165, 1.54) is 35.2 Å². The highest BCUT2D eigenvalue weighted by molar-refractivity contribution is 9.10. The van der Waals surface area contributed by atoms with Crippen LogP contribution in [0.5, 0.6) is 0 Å². The number of hydrogen-bond acceptors (Lipinski definition) is 2. The zero-order valence-corrected chi connectivity index (χ0v) is 13.9. The number of aryl methyl sites for hydroxylation is 2. The average Bonchev–Trinajstić information content (AvgIpc) is 2.52. The Morgan fingerprint density at radius 1 is 1.24 bits per heavy atom. The fourth-order valence-electron chi connectivity index (χ4n) is 3.20. The molecule has 0 fully saturated rings. The summed E-state index contributed by atoms with van der Waals surface area (Å²) >= 11 is 3.58. The molecule has 2 nitrogen and oxygen atoms in total. The number of benzene rings is 2. The number of rotatable bonds is 3. The maximum atomic E-state index is 6.13. The fourth-order valence-corrected chi connectivity index (χ4v) is 3.45. The molecule has 2 aromatic rings. The van der Waals surface area contributed by atoms with Crippen molar-refractivity contribution in [3.63, 3.8) is 0 Å². The first-order chi connectivity index (χ1) is 10.2. The largest absolute Gasteiger partial charge is 0.363 e. The number of fused-ring (bicyclic) bond motifs is 1. The number of halogens is 1. The Bertz CT molecular complexity index is 639. The molecular weight excluding hydrogens is 324 g/mol. The van der Waals surface area contributed by atoms with E-state index in [-0.39, 0.29) is 6.04 Å². The van der Waals surface area contributed by atoms with Crippen LogP contribution >= 0.6 is 15.9 Å². The van der Waals surface area contributed by atoms with Crippen molar-refractivity contribution in [2.24, 2.45) is 5.73 Å². The molecule has 1 aliphatic rings. The molecule has 0 saturated heterocycles. The molecule has 0 aromatic heterocycles. The van der Waals surface area contributed by atoms with Gasteiger partial charge >= 0.3 is 0 Å². The third-order valence-electron chi connectivity index (χ3n) is 4.31. The molecule has 2 aromatic carbocycles. The second kappa shape index (κ2) is 6.20. The van der Waals surface area contributed by atoms with Crippen molar-refractivity contribution in [1.29, 1.82) is 0 Å². The summed E-state index contributed by atoms with van der Waals surface area (Å²) < 4.78 is 1.15. The molecule has 21 heavy (non-hydrogen) atoms. The van der Waals surface area contributed by atoms with Crippen molar-refractivity contribution >= 4 is 21.6 Å². The van der Waals surface area contributed by atoms with Gasteiger partial charge in [-0.1, -0.05) is 46.3 Å². The van der Waals surface area contributed by atoms with Crippen LogP contribution in [0.3, 0.4) is 0 Å². The van der Waals surface area contributed by atoms with Crippen LogP contribution in [0.1, 0.15) is 29.2 Å². The molecule has 0 radical (unpaired) electrons. The van der Waals surface area contributed by atoms with Crippen molar-refractivity contribution in [2.75, 3.05) is 18.0 Å². The minimum absolute atomic E-state index is 0.248. The number of para-hydroxylation sites is 1. The molecule has 0 amide bonds. The Kier molecular flexibility index (Phi) is 4.32. The van der Waals surface area contributed by atoms with Gasteiger partial charge in [-0.25, -0.2) is 0 Å². The molecule has 3 heteroatoms. The summed E-state index contributed by atoms with van der Waals surface area (Å²) in [5, 5.41) is 0. The van der Waals surface area contributed by atoms with Gasteiger partial charge in [0.25, 0.3) is 0 Å². The van der Waals surface area contributed by atoms with Gasteiger partial charge in [0.2, 0.25) is 0 Å². The summed E-state index contributed by atoms with van der Waals surface area (Å²) in [4.78, 5) is 2.47. The molecule has 1 aliphatic heterocycles. The highest BCUT2D eigenvalue weighted by atomic mass is 79.9. The maximum Gasteiger partial charge on any atom is 0.0664 e. The van der Waals surface area contributed by atoms with E-state index in [0.29, 0.717) is 6.54 Å². The van der Waals surface area contributed by atoms with E-state index in [0.717, 1.165) is 11.0 Å². The predicted octanol–water partition coefficient (Wildman–Crippen LogP) is 4.21. The Morgan fingerprint density at radius 3 is 2.81 bits per heavy atom. The van der Waals surface area contributed by atoms with E-state index in [9.17, 15) is 0 Å². The molecule has 0 saturated carbocycles. The zero-order chi connectivity index (χ0) is 14.8. The highest BCUT2D eigenvalue weighted by Crippen LogP contribution is 2.34. The topological polar surface area (TPSA) is 29.3 Å². The van der Waals surface area contributed by atoms with E-state index in [2.05, 4.69) is 70.2 Å². The molecule has 0 bridgehead atoms. The molecule has 1 heterocycles. The lowest BCUT2D eigenvalue weighted by Crippen LogP contribution is -2.37. The third-order valence-corrected chi connectivity index (χ3v) is 5.20. The van der Waals surface area contributed by atoms with E-state index >= 15 is 0 Å². The lowest BCUT2D eigenvalue weighted by atomic mass is 9.96. The predicted molar refractivity (Wildman–Crippen MR) is 92.8 cm³/mol. The van der Waals surface area contributed by atoms with Gasteiger partial charge in [-0.2, -0.15) is 0 Å². The van der Waals surface area contributed by atoms with E-state index < -0.39 is 0 Å². The molecular formula is C18H21BrN2. The minimum Gasteiger partial charge on any atom is -0.363 e. The van der Waals surface area contributed by atoms with Gasteiger partial charge in [-0.05, 0) is 48.6 Å². The van der Waals surface area contributed by atoms with Crippen LogP contribution in [-0.2, 0) is 6.42 Å². The van der Waals surface area contributed by atoms with Crippen LogP contribution in [0.15, 0.2) is 46.9 Å². The van der Waals surface area contributed by atoms with Crippen molar-refractivity contribution in [3.05, 3.63) is 63.6 Å². The first-order valence-electron chi connectivity index (χ1n) is 7.51. The van der Waals surface area contributed by atoms with Gasteiger partial charge < -0.3 is 10.6 Å². The number of nitrogens with zero attached hydrogens (tertiary/aromatic N) is 1. The Balaban J connectivity index is 1.99. The number of nitrogens with two attached hydrogens (primary N) is 1. The van der Waals surface area contributed by atoms with Gasteiger partial charge in [0.15, 0.2) is 0 Å². The van der Waals surface area contributed by atoms with Crippen molar-refractivity contribution < 1.29 is 0 Å². The lowest BCUT2D eigenvalue weighted by Gasteiger charge is -2.38. The van der Waals surface area contributed by atoms with Crippen molar-refractivity contribution in [1.82, 2.24) is 0 Å². The normalized spacial score (nSPS) is 15.7. The lowest BCUT2D eigenvalue weighted by molar-refractivity contribution is 0.587. The molecule has 0 aliphatic carbocycles.